The largest absolute Gasteiger partial charge is 0.381 e. The summed E-state index contributed by atoms with van der Waals surface area (Å²) in [6.07, 6.45) is 3.90. The molecule has 1 aromatic carbocycles. The van der Waals surface area contributed by atoms with Gasteiger partial charge in [0.05, 0.1) is 0 Å². The minimum atomic E-state index is 0.389. The zero-order valence-corrected chi connectivity index (χ0v) is 11.0. The standard InChI is InChI=1S/C12H12Cl2N4/c13-9-2-1-8(10(14)7-9)3-4-17-12-11(15)16-5-6-18-12/h1-2,5-7H,3-4H2,(H2,15,16)(H,17,18). The number of aromatic nitrogens is 2. The maximum absolute atomic E-state index is 6.08. The summed E-state index contributed by atoms with van der Waals surface area (Å²) in [6.45, 7) is 0.671. The Balaban J connectivity index is 1.95. The second-order valence-electron chi connectivity index (χ2n) is 3.70. The van der Waals surface area contributed by atoms with Gasteiger partial charge in [-0.1, -0.05) is 29.3 Å². The molecular formula is C12H12Cl2N4. The highest BCUT2D eigenvalue weighted by Crippen LogP contribution is 2.21. The van der Waals surface area contributed by atoms with Crippen LogP contribution in [0.3, 0.4) is 0 Å². The number of nitrogen functional groups attached to an aromatic ring is 1. The molecule has 94 valence electrons. The van der Waals surface area contributed by atoms with Gasteiger partial charge in [-0.05, 0) is 24.1 Å². The molecule has 0 saturated carbocycles. The lowest BCUT2D eigenvalue weighted by Gasteiger charge is -2.08. The van der Waals surface area contributed by atoms with Crippen LogP contribution in [0.5, 0.6) is 0 Å². The van der Waals surface area contributed by atoms with Gasteiger partial charge in [-0.2, -0.15) is 0 Å². The Bertz CT molecular complexity index is 545. The van der Waals surface area contributed by atoms with Crippen molar-refractivity contribution in [3.05, 3.63) is 46.2 Å². The Hall–Kier alpha value is -1.52. The normalized spacial score (nSPS) is 10.3. The number of anilines is 2. The van der Waals surface area contributed by atoms with Gasteiger partial charge >= 0.3 is 0 Å². The summed E-state index contributed by atoms with van der Waals surface area (Å²) < 4.78 is 0. The second-order valence-corrected chi connectivity index (χ2v) is 4.55. The maximum Gasteiger partial charge on any atom is 0.168 e. The number of rotatable bonds is 4. The third-order valence-corrected chi connectivity index (χ3v) is 3.02. The predicted molar refractivity (Wildman–Crippen MR) is 75.1 cm³/mol. The summed E-state index contributed by atoms with van der Waals surface area (Å²) in [5.41, 5.74) is 6.69. The molecule has 0 bridgehead atoms. The maximum atomic E-state index is 6.08. The van der Waals surface area contributed by atoms with Gasteiger partial charge in [-0.25, -0.2) is 9.97 Å². The van der Waals surface area contributed by atoms with Crippen LogP contribution in [0.15, 0.2) is 30.6 Å². The first-order chi connectivity index (χ1) is 8.66. The zero-order valence-electron chi connectivity index (χ0n) is 9.53. The van der Waals surface area contributed by atoms with Gasteiger partial charge < -0.3 is 11.1 Å². The highest BCUT2D eigenvalue weighted by atomic mass is 35.5. The molecule has 4 nitrogen and oxygen atoms in total. The van der Waals surface area contributed by atoms with Crippen LogP contribution in [0.25, 0.3) is 0 Å². The van der Waals surface area contributed by atoms with Crippen LogP contribution in [-0.4, -0.2) is 16.5 Å². The Morgan fingerprint density at radius 2 is 1.94 bits per heavy atom. The van der Waals surface area contributed by atoms with E-state index in [1.165, 1.54) is 0 Å². The molecule has 0 aliphatic rings. The molecule has 6 heteroatoms. The molecule has 0 radical (unpaired) electrons. The minimum absolute atomic E-state index is 0.389. The number of benzene rings is 1. The summed E-state index contributed by atoms with van der Waals surface area (Å²) in [4.78, 5) is 8.04. The molecule has 1 aromatic heterocycles. The van der Waals surface area contributed by atoms with Gasteiger partial charge in [0, 0.05) is 29.0 Å². The van der Waals surface area contributed by atoms with Crippen molar-refractivity contribution in [3.63, 3.8) is 0 Å². The topological polar surface area (TPSA) is 63.8 Å². The number of hydrogen-bond donors (Lipinski definition) is 2. The number of halogens is 2. The van der Waals surface area contributed by atoms with Crippen LogP contribution in [0.4, 0.5) is 11.6 Å². The van der Waals surface area contributed by atoms with Crippen LogP contribution >= 0.6 is 23.2 Å². The van der Waals surface area contributed by atoms with E-state index in [2.05, 4.69) is 15.3 Å². The molecule has 0 amide bonds. The first kappa shape index (κ1) is 12.9. The second kappa shape index (κ2) is 5.89. The predicted octanol–water partition coefficient (Wildman–Crippen LogP) is 3.02. The molecule has 0 fully saturated rings. The van der Waals surface area contributed by atoms with Crippen LogP contribution in [0.2, 0.25) is 10.0 Å². The first-order valence-electron chi connectivity index (χ1n) is 5.41. The third-order valence-electron chi connectivity index (χ3n) is 2.43. The van der Waals surface area contributed by atoms with Gasteiger partial charge in [-0.3, -0.25) is 0 Å². The molecule has 0 aliphatic carbocycles. The van der Waals surface area contributed by atoms with Crippen LogP contribution in [0.1, 0.15) is 5.56 Å². The lowest BCUT2D eigenvalue weighted by Crippen LogP contribution is -2.09. The highest BCUT2D eigenvalue weighted by molar-refractivity contribution is 6.35. The van der Waals surface area contributed by atoms with Crippen LogP contribution < -0.4 is 11.1 Å². The van der Waals surface area contributed by atoms with Crippen molar-refractivity contribution in [1.29, 1.82) is 0 Å². The summed E-state index contributed by atoms with van der Waals surface area (Å²) in [5, 5.41) is 4.41. The molecule has 0 saturated heterocycles. The molecule has 3 N–H and O–H groups in total. The monoisotopic (exact) mass is 282 g/mol. The number of nitrogens with one attached hydrogen (secondary N) is 1. The third kappa shape index (κ3) is 3.24. The molecule has 1 heterocycles. The molecule has 0 atom stereocenters. The molecule has 0 spiro atoms. The van der Waals surface area contributed by atoms with E-state index >= 15 is 0 Å². The molecule has 2 aromatic rings. The van der Waals surface area contributed by atoms with Crippen molar-refractivity contribution < 1.29 is 0 Å². The van der Waals surface area contributed by atoms with E-state index in [1.807, 2.05) is 12.1 Å². The minimum Gasteiger partial charge on any atom is -0.381 e. The summed E-state index contributed by atoms with van der Waals surface area (Å²) in [5.74, 6) is 0.974. The Labute approximate surface area is 115 Å². The summed E-state index contributed by atoms with van der Waals surface area (Å²) in [7, 11) is 0. The van der Waals surface area contributed by atoms with E-state index in [9.17, 15) is 0 Å². The van der Waals surface area contributed by atoms with Gasteiger partial charge in [0.15, 0.2) is 11.6 Å². The molecule has 18 heavy (non-hydrogen) atoms. The van der Waals surface area contributed by atoms with E-state index in [1.54, 1.807) is 18.5 Å². The van der Waals surface area contributed by atoms with Crippen LogP contribution in [-0.2, 0) is 6.42 Å². The van der Waals surface area contributed by atoms with Crippen molar-refractivity contribution in [3.8, 4) is 0 Å². The first-order valence-corrected chi connectivity index (χ1v) is 6.16. The molecule has 2 rings (SSSR count). The Kier molecular flexibility index (Phi) is 4.23. The molecule has 0 unspecified atom stereocenters. The number of hydrogen-bond acceptors (Lipinski definition) is 4. The fourth-order valence-electron chi connectivity index (χ4n) is 1.52. The van der Waals surface area contributed by atoms with Gasteiger partial charge in [0.2, 0.25) is 0 Å². The van der Waals surface area contributed by atoms with Crippen molar-refractivity contribution >= 4 is 34.8 Å². The number of nitrogens with zero attached hydrogens (tertiary/aromatic N) is 2. The highest BCUT2D eigenvalue weighted by Gasteiger charge is 2.03. The Morgan fingerprint density at radius 3 is 2.67 bits per heavy atom. The van der Waals surface area contributed by atoms with E-state index in [-0.39, 0.29) is 0 Å². The Morgan fingerprint density at radius 1 is 1.17 bits per heavy atom. The van der Waals surface area contributed by atoms with Gasteiger partial charge in [0.25, 0.3) is 0 Å². The van der Waals surface area contributed by atoms with E-state index in [0.717, 1.165) is 12.0 Å². The fraction of sp³-hybridized carbons (Fsp3) is 0.167. The van der Waals surface area contributed by atoms with Gasteiger partial charge in [-0.15, -0.1) is 0 Å². The van der Waals surface area contributed by atoms with E-state index in [0.29, 0.717) is 28.2 Å². The smallest absolute Gasteiger partial charge is 0.168 e. The average molecular weight is 283 g/mol. The fourth-order valence-corrected chi connectivity index (χ4v) is 2.03. The van der Waals surface area contributed by atoms with Crippen molar-refractivity contribution in [2.24, 2.45) is 0 Å². The number of nitrogens with two attached hydrogens (primary N) is 1. The quantitative estimate of drug-likeness (QED) is 0.905. The summed E-state index contributed by atoms with van der Waals surface area (Å²) >= 11 is 11.9. The molecular weight excluding hydrogens is 271 g/mol. The van der Waals surface area contributed by atoms with Crippen molar-refractivity contribution in [2.45, 2.75) is 6.42 Å². The average Bonchev–Trinajstić information content (AvgIpc) is 2.34. The zero-order chi connectivity index (χ0) is 13.0. The summed E-state index contributed by atoms with van der Waals surface area (Å²) in [6, 6.07) is 5.46. The van der Waals surface area contributed by atoms with Crippen LogP contribution in [0, 0.1) is 0 Å². The lowest BCUT2D eigenvalue weighted by molar-refractivity contribution is 1.00. The molecule has 0 aliphatic heterocycles. The van der Waals surface area contributed by atoms with Crippen molar-refractivity contribution in [1.82, 2.24) is 9.97 Å². The lowest BCUT2D eigenvalue weighted by atomic mass is 10.1. The van der Waals surface area contributed by atoms with Crippen molar-refractivity contribution in [2.75, 3.05) is 17.6 Å². The van der Waals surface area contributed by atoms with Gasteiger partial charge in [0.1, 0.15) is 0 Å². The van der Waals surface area contributed by atoms with E-state index in [4.69, 9.17) is 28.9 Å². The van der Waals surface area contributed by atoms with E-state index < -0.39 is 0 Å². The SMILES string of the molecule is Nc1nccnc1NCCc1ccc(Cl)cc1Cl.